The molecule has 20 heavy (non-hydrogen) atoms. The maximum Gasteiger partial charge on any atom is 0.319 e. The number of carbonyl (C=O) groups is 1. The van der Waals surface area contributed by atoms with E-state index in [1.165, 1.54) is 12.1 Å². The van der Waals surface area contributed by atoms with Crippen molar-refractivity contribution in [2.75, 3.05) is 5.32 Å². The number of anilines is 1. The summed E-state index contributed by atoms with van der Waals surface area (Å²) in [4.78, 5) is 11.7. The van der Waals surface area contributed by atoms with E-state index in [9.17, 15) is 9.18 Å². The number of rotatable bonds is 3. The molecule has 2 rings (SSSR count). The van der Waals surface area contributed by atoms with Gasteiger partial charge >= 0.3 is 6.03 Å². The maximum atomic E-state index is 13.6. The van der Waals surface area contributed by atoms with Gasteiger partial charge in [0, 0.05) is 6.54 Å². The van der Waals surface area contributed by atoms with E-state index in [-0.39, 0.29) is 10.7 Å². The van der Waals surface area contributed by atoms with E-state index in [0.29, 0.717) is 6.54 Å². The number of nitrogens with one attached hydrogen (secondary N) is 2. The highest BCUT2D eigenvalue weighted by Crippen LogP contribution is 2.21. The van der Waals surface area contributed by atoms with Gasteiger partial charge in [-0.15, -0.1) is 0 Å². The number of hydrogen-bond donors (Lipinski definition) is 2. The lowest BCUT2D eigenvalue weighted by atomic mass is 10.1. The Labute approximate surface area is 121 Å². The van der Waals surface area contributed by atoms with Crippen molar-refractivity contribution in [1.29, 1.82) is 0 Å². The van der Waals surface area contributed by atoms with Crippen molar-refractivity contribution >= 4 is 23.3 Å². The molecule has 0 heterocycles. The molecular formula is C15H14ClFN2O. The average molecular weight is 293 g/mol. The van der Waals surface area contributed by atoms with Gasteiger partial charge in [-0.05, 0) is 24.6 Å². The summed E-state index contributed by atoms with van der Waals surface area (Å²) in [5.74, 6) is -0.639. The monoisotopic (exact) mass is 292 g/mol. The minimum Gasteiger partial charge on any atom is -0.334 e. The Bertz CT molecular complexity index is 631. The number of urea groups is 1. The van der Waals surface area contributed by atoms with E-state index in [1.807, 2.05) is 31.2 Å². The smallest absolute Gasteiger partial charge is 0.319 e. The standard InChI is InChI=1S/C15H14ClFN2O/c1-10-4-2-5-11(8-10)9-18-15(20)19-13-7-3-6-12(16)14(13)17/h2-8H,9H2,1H3,(H2,18,19,20). The maximum absolute atomic E-state index is 13.6. The number of aryl methyl sites for hydroxylation is 1. The number of hydrogen-bond acceptors (Lipinski definition) is 1. The molecule has 104 valence electrons. The fourth-order valence-corrected chi connectivity index (χ4v) is 1.95. The molecule has 0 aliphatic carbocycles. The van der Waals surface area contributed by atoms with Gasteiger partial charge in [-0.3, -0.25) is 0 Å². The van der Waals surface area contributed by atoms with Crippen molar-refractivity contribution in [3.05, 3.63) is 64.4 Å². The van der Waals surface area contributed by atoms with Crippen LogP contribution in [0.2, 0.25) is 5.02 Å². The molecule has 0 aliphatic rings. The molecule has 0 saturated heterocycles. The van der Waals surface area contributed by atoms with Gasteiger partial charge in [0.25, 0.3) is 0 Å². The summed E-state index contributed by atoms with van der Waals surface area (Å²) in [5.41, 5.74) is 2.15. The summed E-state index contributed by atoms with van der Waals surface area (Å²) in [6, 6.07) is 11.7. The highest BCUT2D eigenvalue weighted by atomic mass is 35.5. The minimum absolute atomic E-state index is 0.0264. The summed E-state index contributed by atoms with van der Waals surface area (Å²) in [5, 5.41) is 5.06. The Morgan fingerprint density at radius 1 is 1.25 bits per heavy atom. The SMILES string of the molecule is Cc1cccc(CNC(=O)Nc2cccc(Cl)c2F)c1. The Kier molecular flexibility index (Phi) is 4.58. The van der Waals surface area contributed by atoms with E-state index in [2.05, 4.69) is 10.6 Å². The molecule has 0 saturated carbocycles. The van der Waals surface area contributed by atoms with Crippen molar-refractivity contribution in [2.24, 2.45) is 0 Å². The topological polar surface area (TPSA) is 41.1 Å². The highest BCUT2D eigenvalue weighted by Gasteiger charge is 2.09. The molecule has 0 aliphatic heterocycles. The number of carbonyl (C=O) groups excluding carboxylic acids is 1. The van der Waals surface area contributed by atoms with Crippen LogP contribution in [0.5, 0.6) is 0 Å². The van der Waals surface area contributed by atoms with Gasteiger partial charge in [-0.2, -0.15) is 0 Å². The molecule has 0 fully saturated rings. The van der Waals surface area contributed by atoms with Crippen LogP contribution < -0.4 is 10.6 Å². The van der Waals surface area contributed by atoms with Gasteiger partial charge in [0.05, 0.1) is 10.7 Å². The normalized spacial score (nSPS) is 10.2. The predicted molar refractivity (Wildman–Crippen MR) is 78.4 cm³/mol. The second-order valence-corrected chi connectivity index (χ2v) is 4.81. The first-order valence-electron chi connectivity index (χ1n) is 6.10. The van der Waals surface area contributed by atoms with Crippen LogP contribution in [0, 0.1) is 12.7 Å². The van der Waals surface area contributed by atoms with Crippen molar-refractivity contribution in [3.8, 4) is 0 Å². The van der Waals surface area contributed by atoms with E-state index in [0.717, 1.165) is 11.1 Å². The Morgan fingerprint density at radius 3 is 2.75 bits per heavy atom. The molecule has 5 heteroatoms. The zero-order valence-electron chi connectivity index (χ0n) is 10.9. The first-order chi connectivity index (χ1) is 9.56. The largest absolute Gasteiger partial charge is 0.334 e. The van der Waals surface area contributed by atoms with E-state index in [4.69, 9.17) is 11.6 Å². The second kappa shape index (κ2) is 6.39. The quantitative estimate of drug-likeness (QED) is 0.878. The summed E-state index contributed by atoms with van der Waals surface area (Å²) in [7, 11) is 0. The van der Waals surface area contributed by atoms with Crippen LogP contribution in [0.15, 0.2) is 42.5 Å². The van der Waals surface area contributed by atoms with E-state index < -0.39 is 11.8 Å². The molecule has 0 atom stereocenters. The van der Waals surface area contributed by atoms with Crippen molar-refractivity contribution in [2.45, 2.75) is 13.5 Å². The van der Waals surface area contributed by atoms with Gasteiger partial charge in [0.1, 0.15) is 0 Å². The van der Waals surface area contributed by atoms with Crippen LogP contribution in [0.3, 0.4) is 0 Å². The van der Waals surface area contributed by atoms with Gasteiger partial charge < -0.3 is 10.6 Å². The van der Waals surface area contributed by atoms with Gasteiger partial charge in [-0.1, -0.05) is 47.5 Å². The van der Waals surface area contributed by atoms with Crippen LogP contribution in [0.25, 0.3) is 0 Å². The first-order valence-corrected chi connectivity index (χ1v) is 6.48. The van der Waals surface area contributed by atoms with Gasteiger partial charge in [-0.25, -0.2) is 9.18 Å². The molecule has 3 nitrogen and oxygen atoms in total. The summed E-state index contributed by atoms with van der Waals surface area (Å²) < 4.78 is 13.6. The number of benzene rings is 2. The second-order valence-electron chi connectivity index (χ2n) is 4.40. The average Bonchev–Trinajstić information content (AvgIpc) is 2.42. The van der Waals surface area contributed by atoms with Gasteiger partial charge in [0.2, 0.25) is 0 Å². The summed E-state index contributed by atoms with van der Waals surface area (Å²) in [6.07, 6.45) is 0. The molecule has 0 aromatic heterocycles. The zero-order valence-corrected chi connectivity index (χ0v) is 11.7. The Hall–Kier alpha value is -2.07. The highest BCUT2D eigenvalue weighted by molar-refractivity contribution is 6.31. The first kappa shape index (κ1) is 14.3. The minimum atomic E-state index is -0.639. The van der Waals surface area contributed by atoms with Crippen LogP contribution in [-0.4, -0.2) is 6.03 Å². The molecule has 0 spiro atoms. The molecule has 0 unspecified atom stereocenters. The number of halogens is 2. The fourth-order valence-electron chi connectivity index (χ4n) is 1.77. The molecule has 2 aromatic rings. The van der Waals surface area contributed by atoms with Crippen LogP contribution >= 0.6 is 11.6 Å². The third-order valence-electron chi connectivity index (χ3n) is 2.74. The van der Waals surface area contributed by atoms with E-state index >= 15 is 0 Å². The lowest BCUT2D eigenvalue weighted by Gasteiger charge is -2.09. The molecule has 0 bridgehead atoms. The molecule has 2 N–H and O–H groups in total. The van der Waals surface area contributed by atoms with Crippen molar-refractivity contribution < 1.29 is 9.18 Å². The molecule has 0 radical (unpaired) electrons. The summed E-state index contributed by atoms with van der Waals surface area (Å²) >= 11 is 5.64. The van der Waals surface area contributed by atoms with Crippen molar-refractivity contribution in [3.63, 3.8) is 0 Å². The van der Waals surface area contributed by atoms with Crippen LogP contribution in [-0.2, 0) is 6.54 Å². The Balaban J connectivity index is 1.94. The van der Waals surface area contributed by atoms with Gasteiger partial charge in [0.15, 0.2) is 5.82 Å². The van der Waals surface area contributed by atoms with Crippen LogP contribution in [0.1, 0.15) is 11.1 Å². The van der Waals surface area contributed by atoms with Crippen molar-refractivity contribution in [1.82, 2.24) is 5.32 Å². The molecular weight excluding hydrogens is 279 g/mol. The number of amides is 2. The summed E-state index contributed by atoms with van der Waals surface area (Å²) in [6.45, 7) is 2.35. The molecule has 2 amide bonds. The third kappa shape index (κ3) is 3.71. The predicted octanol–water partition coefficient (Wildman–Crippen LogP) is 4.11. The molecule has 2 aromatic carbocycles. The zero-order chi connectivity index (χ0) is 14.5. The van der Waals surface area contributed by atoms with E-state index in [1.54, 1.807) is 6.07 Å². The Morgan fingerprint density at radius 2 is 2.00 bits per heavy atom. The lowest BCUT2D eigenvalue weighted by molar-refractivity contribution is 0.251. The third-order valence-corrected chi connectivity index (χ3v) is 3.03. The lowest BCUT2D eigenvalue weighted by Crippen LogP contribution is -2.28. The van der Waals surface area contributed by atoms with Crippen LogP contribution in [0.4, 0.5) is 14.9 Å². The fraction of sp³-hybridized carbons (Fsp3) is 0.133.